The summed E-state index contributed by atoms with van der Waals surface area (Å²) in [7, 11) is 0. The Morgan fingerprint density at radius 3 is 1.95 bits per heavy atom. The second kappa shape index (κ2) is 8.73. The van der Waals surface area contributed by atoms with E-state index in [1.54, 1.807) is 0 Å². The van der Waals surface area contributed by atoms with Gasteiger partial charge in [-0.1, -0.05) is 38.8 Å². The number of aryl methyl sites for hydroxylation is 3. The molecule has 0 saturated carbocycles. The number of carbonyl (C=O) groups excluding carboxylic acids is 1. The van der Waals surface area contributed by atoms with Crippen molar-refractivity contribution >= 4 is 6.29 Å². The molecule has 0 unspecified atom stereocenters. The average Bonchev–Trinajstić information content (AvgIpc) is 2.43. The molecule has 2 nitrogen and oxygen atoms in total. The molecule has 0 aliphatic heterocycles. The van der Waals surface area contributed by atoms with Crippen molar-refractivity contribution in [3.05, 3.63) is 28.8 Å². The molecule has 0 fully saturated rings. The van der Waals surface area contributed by atoms with Crippen LogP contribution in [0.15, 0.2) is 12.1 Å². The Kier molecular flexibility index (Phi) is 7.24. The summed E-state index contributed by atoms with van der Waals surface area (Å²) in [5, 5.41) is 10.3. The van der Waals surface area contributed by atoms with Gasteiger partial charge < -0.3 is 9.90 Å². The maximum absolute atomic E-state index is 10.5. The van der Waals surface area contributed by atoms with Crippen molar-refractivity contribution in [2.75, 3.05) is 0 Å². The number of benzene rings is 1. The van der Waals surface area contributed by atoms with Crippen molar-refractivity contribution in [1.82, 2.24) is 0 Å². The number of hydrogen-bond donors (Lipinski definition) is 1. The Hall–Kier alpha value is -1.31. The lowest BCUT2D eigenvalue weighted by atomic mass is 9.95. The molecule has 1 rings (SSSR count). The van der Waals surface area contributed by atoms with Crippen LogP contribution >= 0.6 is 0 Å². The van der Waals surface area contributed by atoms with E-state index >= 15 is 0 Å². The molecule has 19 heavy (non-hydrogen) atoms. The molecule has 0 aliphatic carbocycles. The van der Waals surface area contributed by atoms with Crippen molar-refractivity contribution in [2.45, 2.75) is 65.2 Å². The van der Waals surface area contributed by atoms with Gasteiger partial charge in [0.15, 0.2) is 0 Å². The van der Waals surface area contributed by atoms with Gasteiger partial charge in [-0.2, -0.15) is 0 Å². The van der Waals surface area contributed by atoms with Crippen LogP contribution < -0.4 is 0 Å². The maximum Gasteiger partial charge on any atom is 0.121 e. The van der Waals surface area contributed by atoms with E-state index in [1.807, 2.05) is 0 Å². The zero-order valence-electron chi connectivity index (χ0n) is 12.2. The minimum Gasteiger partial charge on any atom is -0.507 e. The number of unbranched alkanes of at least 4 members (excludes halogenated alkanes) is 2. The van der Waals surface area contributed by atoms with E-state index in [2.05, 4.69) is 26.0 Å². The minimum atomic E-state index is 0.483. The zero-order valence-corrected chi connectivity index (χ0v) is 12.2. The van der Waals surface area contributed by atoms with E-state index in [1.165, 1.54) is 5.56 Å². The van der Waals surface area contributed by atoms with Gasteiger partial charge in [-0.05, 0) is 48.8 Å². The first kappa shape index (κ1) is 15.7. The second-order valence-electron chi connectivity index (χ2n) is 5.18. The summed E-state index contributed by atoms with van der Waals surface area (Å²) in [6.45, 7) is 4.32. The number of hydrogen-bond acceptors (Lipinski definition) is 2. The fourth-order valence-electron chi connectivity index (χ4n) is 2.32. The van der Waals surface area contributed by atoms with Crippen LogP contribution in [0, 0.1) is 0 Å². The minimum absolute atomic E-state index is 0.483. The molecular formula is C17H26O2. The Labute approximate surface area is 116 Å². The predicted octanol–water partition coefficient (Wildman–Crippen LogP) is 4.21. The van der Waals surface area contributed by atoms with Gasteiger partial charge in [0.1, 0.15) is 12.0 Å². The van der Waals surface area contributed by atoms with Gasteiger partial charge in [0.05, 0.1) is 0 Å². The number of rotatable bonds is 9. The monoisotopic (exact) mass is 262 g/mol. The lowest BCUT2D eigenvalue weighted by Crippen LogP contribution is -1.97. The van der Waals surface area contributed by atoms with Crippen molar-refractivity contribution < 1.29 is 9.90 Å². The van der Waals surface area contributed by atoms with Crippen LogP contribution in [0.4, 0.5) is 0 Å². The number of phenols is 1. The van der Waals surface area contributed by atoms with Gasteiger partial charge >= 0.3 is 0 Å². The van der Waals surface area contributed by atoms with E-state index in [0.717, 1.165) is 62.4 Å². The molecule has 0 radical (unpaired) electrons. The molecule has 0 bridgehead atoms. The Balaban J connectivity index is 2.95. The van der Waals surface area contributed by atoms with E-state index in [0.29, 0.717) is 12.2 Å². The molecule has 1 aromatic rings. The van der Waals surface area contributed by atoms with Gasteiger partial charge in [0.25, 0.3) is 0 Å². The highest BCUT2D eigenvalue weighted by atomic mass is 16.3. The van der Waals surface area contributed by atoms with Crippen molar-refractivity contribution in [2.24, 2.45) is 0 Å². The third kappa shape index (κ3) is 5.06. The molecule has 0 amide bonds. The van der Waals surface area contributed by atoms with Crippen LogP contribution in [0.1, 0.15) is 62.6 Å². The fraction of sp³-hybridized carbons (Fsp3) is 0.588. The third-order valence-corrected chi connectivity index (χ3v) is 3.48. The van der Waals surface area contributed by atoms with E-state index in [-0.39, 0.29) is 0 Å². The molecule has 1 aromatic carbocycles. The predicted molar refractivity (Wildman–Crippen MR) is 79.7 cm³/mol. The highest BCUT2D eigenvalue weighted by molar-refractivity contribution is 5.51. The van der Waals surface area contributed by atoms with Gasteiger partial charge in [0, 0.05) is 6.42 Å². The highest BCUT2D eigenvalue weighted by Crippen LogP contribution is 2.28. The normalized spacial score (nSPS) is 10.6. The lowest BCUT2D eigenvalue weighted by Gasteiger charge is -2.12. The zero-order chi connectivity index (χ0) is 14.1. The van der Waals surface area contributed by atoms with Gasteiger partial charge in [-0.15, -0.1) is 0 Å². The molecule has 1 N–H and O–H groups in total. The summed E-state index contributed by atoms with van der Waals surface area (Å²) in [5.41, 5.74) is 3.29. The summed E-state index contributed by atoms with van der Waals surface area (Å²) in [4.78, 5) is 10.5. The summed E-state index contributed by atoms with van der Waals surface area (Å²) in [6, 6.07) is 4.15. The first-order chi connectivity index (χ1) is 9.22. The standard InChI is InChI=1S/C17H26O2/c1-3-5-9-15-12-14(8-7-11-18)13-16(17(15)19)10-6-4-2/h11-13,19H,3-10H2,1-2H3. The average molecular weight is 262 g/mol. The number of carbonyl (C=O) groups is 1. The molecule has 2 heteroatoms. The summed E-state index contributed by atoms with van der Waals surface area (Å²) >= 11 is 0. The molecule has 0 saturated heterocycles. The molecular weight excluding hydrogens is 236 g/mol. The highest BCUT2D eigenvalue weighted by Gasteiger charge is 2.09. The molecule has 0 aromatic heterocycles. The molecule has 0 aliphatic rings. The second-order valence-corrected chi connectivity index (χ2v) is 5.18. The third-order valence-electron chi connectivity index (χ3n) is 3.48. The lowest BCUT2D eigenvalue weighted by molar-refractivity contribution is -0.107. The van der Waals surface area contributed by atoms with Gasteiger partial charge in [-0.25, -0.2) is 0 Å². The van der Waals surface area contributed by atoms with E-state index < -0.39 is 0 Å². The van der Waals surface area contributed by atoms with Gasteiger partial charge in [0.2, 0.25) is 0 Å². The van der Waals surface area contributed by atoms with Crippen LogP contribution in [-0.2, 0) is 24.1 Å². The molecule has 0 atom stereocenters. The van der Waals surface area contributed by atoms with E-state index in [9.17, 15) is 9.90 Å². The van der Waals surface area contributed by atoms with Crippen LogP contribution in [0.25, 0.3) is 0 Å². The van der Waals surface area contributed by atoms with Crippen molar-refractivity contribution in [1.29, 1.82) is 0 Å². The van der Waals surface area contributed by atoms with Crippen molar-refractivity contribution in [3.63, 3.8) is 0 Å². The largest absolute Gasteiger partial charge is 0.507 e. The fourth-order valence-corrected chi connectivity index (χ4v) is 2.32. The Bertz CT molecular complexity index is 367. The maximum atomic E-state index is 10.5. The van der Waals surface area contributed by atoms with Crippen LogP contribution in [0.2, 0.25) is 0 Å². The quantitative estimate of drug-likeness (QED) is 0.677. The number of phenolic OH excluding ortho intramolecular Hbond substituents is 1. The Morgan fingerprint density at radius 1 is 1.00 bits per heavy atom. The summed E-state index contributed by atoms with van der Waals surface area (Å²) in [5.74, 6) is 0.483. The van der Waals surface area contributed by atoms with E-state index in [4.69, 9.17) is 0 Å². The van der Waals surface area contributed by atoms with Crippen LogP contribution in [0.5, 0.6) is 5.75 Å². The van der Waals surface area contributed by atoms with Crippen LogP contribution in [-0.4, -0.2) is 11.4 Å². The number of aldehydes is 1. The smallest absolute Gasteiger partial charge is 0.121 e. The first-order valence-corrected chi connectivity index (χ1v) is 7.50. The topological polar surface area (TPSA) is 37.3 Å². The summed E-state index contributed by atoms with van der Waals surface area (Å²) < 4.78 is 0. The number of aromatic hydroxyl groups is 1. The van der Waals surface area contributed by atoms with Crippen molar-refractivity contribution in [3.8, 4) is 5.75 Å². The first-order valence-electron chi connectivity index (χ1n) is 7.50. The summed E-state index contributed by atoms with van der Waals surface area (Å²) in [6.07, 6.45) is 8.60. The SMILES string of the molecule is CCCCc1cc(CCC=O)cc(CCCC)c1O. The molecule has 0 spiro atoms. The molecule has 106 valence electrons. The van der Waals surface area contributed by atoms with Gasteiger partial charge in [-0.3, -0.25) is 0 Å². The molecule has 0 heterocycles. The Morgan fingerprint density at radius 2 is 1.53 bits per heavy atom. The van der Waals surface area contributed by atoms with Crippen LogP contribution in [0.3, 0.4) is 0 Å².